The summed E-state index contributed by atoms with van der Waals surface area (Å²) < 4.78 is 5.13. The van der Waals surface area contributed by atoms with Crippen LogP contribution >= 0.6 is 0 Å². The monoisotopic (exact) mass is 259 g/mol. The zero-order valence-corrected chi connectivity index (χ0v) is 10.7. The molecule has 0 atom stereocenters. The van der Waals surface area contributed by atoms with Gasteiger partial charge < -0.3 is 15.5 Å². The van der Waals surface area contributed by atoms with E-state index in [0.29, 0.717) is 12.5 Å². The average Bonchev–Trinajstić information content (AvgIpc) is 3.16. The first-order valence-electron chi connectivity index (χ1n) is 6.60. The molecule has 1 fully saturated rings. The Balaban J connectivity index is 1.71. The first kappa shape index (κ1) is 12.2. The highest BCUT2D eigenvalue weighted by molar-refractivity contribution is 5.76. The maximum absolute atomic E-state index is 11.3. The summed E-state index contributed by atoms with van der Waals surface area (Å²) in [6, 6.07) is 5.89. The molecule has 0 saturated heterocycles. The van der Waals surface area contributed by atoms with Crippen LogP contribution < -0.4 is 5.73 Å². The lowest BCUT2D eigenvalue weighted by Gasteiger charge is -2.03. The van der Waals surface area contributed by atoms with E-state index in [1.807, 2.05) is 18.2 Å². The van der Waals surface area contributed by atoms with E-state index in [1.54, 1.807) is 0 Å². The smallest absolute Gasteiger partial charge is 0.307 e. The Labute approximate surface area is 111 Å². The van der Waals surface area contributed by atoms with E-state index >= 15 is 0 Å². The highest BCUT2D eigenvalue weighted by Crippen LogP contribution is 2.39. The van der Waals surface area contributed by atoms with Gasteiger partial charge in [0.2, 0.25) is 0 Å². The molecule has 5 nitrogen and oxygen atoms in total. The van der Waals surface area contributed by atoms with Gasteiger partial charge in [-0.05, 0) is 30.5 Å². The van der Waals surface area contributed by atoms with Crippen molar-refractivity contribution in [3.05, 3.63) is 29.6 Å². The summed E-state index contributed by atoms with van der Waals surface area (Å²) >= 11 is 0. The van der Waals surface area contributed by atoms with Gasteiger partial charge in [0.05, 0.1) is 17.5 Å². The number of carbonyl (C=O) groups is 1. The summed E-state index contributed by atoms with van der Waals surface area (Å²) in [5, 5.41) is 0. The molecule has 1 saturated carbocycles. The number of carbonyl (C=O) groups excluding carboxylic acids is 1. The summed E-state index contributed by atoms with van der Waals surface area (Å²) in [5.41, 5.74) is 8.24. The molecular weight excluding hydrogens is 242 g/mol. The second-order valence-electron chi connectivity index (χ2n) is 4.95. The topological polar surface area (TPSA) is 81.0 Å². The lowest BCUT2D eigenvalue weighted by molar-refractivity contribution is -0.144. The molecule has 3 N–H and O–H groups in total. The van der Waals surface area contributed by atoms with Crippen LogP contribution in [0.4, 0.5) is 0 Å². The predicted octanol–water partition coefficient (Wildman–Crippen LogP) is 1.83. The second kappa shape index (κ2) is 5.01. The fourth-order valence-corrected chi connectivity index (χ4v) is 2.07. The van der Waals surface area contributed by atoms with E-state index in [-0.39, 0.29) is 19.0 Å². The molecule has 3 rings (SSSR count). The van der Waals surface area contributed by atoms with Crippen LogP contribution in [0.3, 0.4) is 0 Å². The molecule has 1 heterocycles. The summed E-state index contributed by atoms with van der Waals surface area (Å²) in [7, 11) is 0. The SMILES string of the molecule is NCCC(=O)OCc1ccc2nc(C3CC3)[nH]c2c1. The zero-order valence-electron chi connectivity index (χ0n) is 10.7. The number of nitrogens with two attached hydrogens (primary N) is 1. The number of aromatic amines is 1. The third kappa shape index (κ3) is 2.76. The van der Waals surface area contributed by atoms with Gasteiger partial charge in [-0.15, -0.1) is 0 Å². The highest BCUT2D eigenvalue weighted by atomic mass is 16.5. The molecule has 19 heavy (non-hydrogen) atoms. The molecule has 1 aromatic heterocycles. The number of hydrogen-bond acceptors (Lipinski definition) is 4. The number of ether oxygens (including phenoxy) is 1. The van der Waals surface area contributed by atoms with Gasteiger partial charge in [-0.1, -0.05) is 6.07 Å². The molecule has 0 spiro atoms. The Morgan fingerprint density at radius 3 is 3.05 bits per heavy atom. The van der Waals surface area contributed by atoms with Crippen molar-refractivity contribution in [3.8, 4) is 0 Å². The number of esters is 1. The van der Waals surface area contributed by atoms with Crippen LogP contribution in [-0.4, -0.2) is 22.5 Å². The zero-order chi connectivity index (χ0) is 13.2. The van der Waals surface area contributed by atoms with Gasteiger partial charge in [-0.25, -0.2) is 4.98 Å². The van der Waals surface area contributed by atoms with Crippen molar-refractivity contribution in [3.63, 3.8) is 0 Å². The van der Waals surface area contributed by atoms with Gasteiger partial charge in [0.15, 0.2) is 0 Å². The van der Waals surface area contributed by atoms with Gasteiger partial charge in [-0.2, -0.15) is 0 Å². The van der Waals surface area contributed by atoms with Crippen molar-refractivity contribution in [1.82, 2.24) is 9.97 Å². The molecule has 100 valence electrons. The number of benzene rings is 1. The molecule has 2 aromatic rings. The van der Waals surface area contributed by atoms with Crippen molar-refractivity contribution >= 4 is 17.0 Å². The third-order valence-corrected chi connectivity index (χ3v) is 3.28. The van der Waals surface area contributed by atoms with Crippen LogP contribution in [0.1, 0.15) is 36.6 Å². The Kier molecular flexibility index (Phi) is 3.21. The summed E-state index contributed by atoms with van der Waals surface area (Å²) in [4.78, 5) is 19.2. The van der Waals surface area contributed by atoms with Crippen LogP contribution in [0.2, 0.25) is 0 Å². The maximum Gasteiger partial charge on any atom is 0.307 e. The van der Waals surface area contributed by atoms with E-state index in [0.717, 1.165) is 22.4 Å². The number of imidazole rings is 1. The molecule has 5 heteroatoms. The van der Waals surface area contributed by atoms with Gasteiger partial charge in [-0.3, -0.25) is 4.79 Å². The number of aromatic nitrogens is 2. The maximum atomic E-state index is 11.3. The van der Waals surface area contributed by atoms with Crippen LogP contribution in [0.25, 0.3) is 11.0 Å². The third-order valence-electron chi connectivity index (χ3n) is 3.28. The number of nitrogens with one attached hydrogen (secondary N) is 1. The quantitative estimate of drug-likeness (QED) is 0.803. The summed E-state index contributed by atoms with van der Waals surface area (Å²) in [5.74, 6) is 1.43. The molecule has 1 aromatic carbocycles. The van der Waals surface area contributed by atoms with Crippen LogP contribution in [0.5, 0.6) is 0 Å². The number of nitrogens with zero attached hydrogens (tertiary/aromatic N) is 1. The van der Waals surface area contributed by atoms with Crippen molar-refractivity contribution in [2.75, 3.05) is 6.54 Å². The van der Waals surface area contributed by atoms with E-state index in [4.69, 9.17) is 10.5 Å². The van der Waals surface area contributed by atoms with Crippen LogP contribution in [0, 0.1) is 0 Å². The van der Waals surface area contributed by atoms with Crippen molar-refractivity contribution in [2.24, 2.45) is 5.73 Å². The molecule has 0 amide bonds. The fourth-order valence-electron chi connectivity index (χ4n) is 2.07. The minimum atomic E-state index is -0.258. The first-order chi connectivity index (χ1) is 9.26. The van der Waals surface area contributed by atoms with Gasteiger partial charge >= 0.3 is 5.97 Å². The van der Waals surface area contributed by atoms with E-state index < -0.39 is 0 Å². The normalized spacial score (nSPS) is 14.8. The van der Waals surface area contributed by atoms with Crippen molar-refractivity contribution in [1.29, 1.82) is 0 Å². The highest BCUT2D eigenvalue weighted by Gasteiger charge is 2.26. The predicted molar refractivity (Wildman–Crippen MR) is 71.5 cm³/mol. The van der Waals surface area contributed by atoms with E-state index in [2.05, 4.69) is 9.97 Å². The number of fused-ring (bicyclic) bond motifs is 1. The number of H-pyrrole nitrogens is 1. The molecule has 1 aliphatic rings. The average molecular weight is 259 g/mol. The molecule has 1 aliphatic carbocycles. The van der Waals surface area contributed by atoms with Crippen LogP contribution in [-0.2, 0) is 16.1 Å². The second-order valence-corrected chi connectivity index (χ2v) is 4.95. The molecular formula is C14H17N3O2. The standard InChI is InChI=1S/C14H17N3O2/c15-6-5-13(18)19-8-9-1-4-11-12(7-9)17-14(16-11)10-2-3-10/h1,4,7,10H,2-3,5-6,8,15H2,(H,16,17). The Morgan fingerprint density at radius 2 is 2.32 bits per heavy atom. The van der Waals surface area contributed by atoms with Crippen LogP contribution in [0.15, 0.2) is 18.2 Å². The first-order valence-corrected chi connectivity index (χ1v) is 6.60. The molecule has 0 aliphatic heterocycles. The lowest BCUT2D eigenvalue weighted by Crippen LogP contribution is -2.10. The van der Waals surface area contributed by atoms with Crippen molar-refractivity contribution < 1.29 is 9.53 Å². The Hall–Kier alpha value is -1.88. The minimum Gasteiger partial charge on any atom is -0.461 e. The fraction of sp³-hybridized carbons (Fsp3) is 0.429. The number of rotatable bonds is 5. The minimum absolute atomic E-state index is 0.258. The Morgan fingerprint density at radius 1 is 1.47 bits per heavy atom. The molecule has 0 unspecified atom stereocenters. The van der Waals surface area contributed by atoms with Gasteiger partial charge in [0.1, 0.15) is 12.4 Å². The van der Waals surface area contributed by atoms with Crippen molar-refractivity contribution in [2.45, 2.75) is 31.8 Å². The van der Waals surface area contributed by atoms with Gasteiger partial charge in [0, 0.05) is 12.5 Å². The molecule has 0 radical (unpaired) electrons. The molecule has 0 bridgehead atoms. The lowest BCUT2D eigenvalue weighted by atomic mass is 10.2. The van der Waals surface area contributed by atoms with Gasteiger partial charge in [0.25, 0.3) is 0 Å². The van der Waals surface area contributed by atoms with E-state index in [9.17, 15) is 4.79 Å². The summed E-state index contributed by atoms with van der Waals surface area (Å²) in [6.07, 6.45) is 2.71. The number of hydrogen-bond donors (Lipinski definition) is 2. The summed E-state index contributed by atoms with van der Waals surface area (Å²) in [6.45, 7) is 0.607. The Bertz CT molecular complexity index is 602. The van der Waals surface area contributed by atoms with E-state index in [1.165, 1.54) is 12.8 Å². The largest absolute Gasteiger partial charge is 0.461 e.